The molecule has 39 heavy (non-hydrogen) atoms. The van der Waals surface area contributed by atoms with Crippen molar-refractivity contribution in [1.29, 1.82) is 0 Å². The van der Waals surface area contributed by atoms with Crippen LogP contribution in [0.5, 0.6) is 0 Å². The van der Waals surface area contributed by atoms with Gasteiger partial charge in [-0.1, -0.05) is 41.4 Å². The van der Waals surface area contributed by atoms with Crippen LogP contribution in [0.2, 0.25) is 5.02 Å². The number of rotatable bonds is 10. The first-order valence-electron chi connectivity index (χ1n) is 12.5. The molecule has 0 heterocycles. The predicted molar refractivity (Wildman–Crippen MR) is 152 cm³/mol. The zero-order chi connectivity index (χ0) is 28.9. The van der Waals surface area contributed by atoms with Crippen LogP contribution in [0.4, 0.5) is 10.1 Å². The summed E-state index contributed by atoms with van der Waals surface area (Å²) in [5.41, 5.74) is 2.32. The number of benzene rings is 3. The summed E-state index contributed by atoms with van der Waals surface area (Å²) >= 11 is 6.13. The molecule has 3 aromatic rings. The van der Waals surface area contributed by atoms with Crippen molar-refractivity contribution >= 4 is 39.1 Å². The Balaban J connectivity index is 2.06. The first-order valence-corrected chi connectivity index (χ1v) is 14.3. The van der Waals surface area contributed by atoms with E-state index in [9.17, 15) is 22.4 Å². The van der Waals surface area contributed by atoms with Crippen molar-refractivity contribution in [3.05, 3.63) is 94.3 Å². The summed E-state index contributed by atoms with van der Waals surface area (Å²) in [6, 6.07) is 15.5. The van der Waals surface area contributed by atoms with E-state index in [1.807, 2.05) is 6.92 Å². The van der Waals surface area contributed by atoms with Gasteiger partial charge in [-0.15, -0.1) is 0 Å². The number of halogens is 2. The number of hydrogen-bond acceptors (Lipinski definition) is 4. The summed E-state index contributed by atoms with van der Waals surface area (Å²) in [4.78, 5) is 28.1. The minimum atomic E-state index is -4.19. The Morgan fingerprint density at radius 1 is 0.949 bits per heavy atom. The molecule has 3 rings (SSSR count). The van der Waals surface area contributed by atoms with Gasteiger partial charge < -0.3 is 10.2 Å². The Morgan fingerprint density at radius 2 is 1.56 bits per heavy atom. The molecule has 0 aromatic heterocycles. The van der Waals surface area contributed by atoms with Crippen molar-refractivity contribution in [2.45, 2.75) is 58.1 Å². The summed E-state index contributed by atoms with van der Waals surface area (Å²) in [5.74, 6) is -1.43. The summed E-state index contributed by atoms with van der Waals surface area (Å²) in [5, 5.41) is 3.22. The van der Waals surface area contributed by atoms with Crippen LogP contribution in [-0.4, -0.2) is 43.8 Å². The number of amides is 2. The Labute approximate surface area is 234 Å². The second kappa shape index (κ2) is 12.6. The molecule has 0 fully saturated rings. The normalized spacial score (nSPS) is 12.2. The lowest BCUT2D eigenvalue weighted by molar-refractivity contribution is -0.139. The van der Waals surface area contributed by atoms with Crippen molar-refractivity contribution < 1.29 is 22.4 Å². The van der Waals surface area contributed by atoms with Crippen LogP contribution in [0.3, 0.4) is 0 Å². The molecule has 1 N–H and O–H groups in total. The van der Waals surface area contributed by atoms with Crippen molar-refractivity contribution in [3.63, 3.8) is 0 Å². The lowest BCUT2D eigenvalue weighted by atomic mass is 10.1. The zero-order valence-electron chi connectivity index (χ0n) is 22.6. The van der Waals surface area contributed by atoms with Crippen molar-refractivity contribution in [3.8, 4) is 0 Å². The number of carbonyl (C=O) groups is 2. The average molecular weight is 574 g/mol. The maximum absolute atomic E-state index is 13.9. The Morgan fingerprint density at radius 3 is 2.13 bits per heavy atom. The summed E-state index contributed by atoms with van der Waals surface area (Å²) in [6.45, 7) is 8.14. The second-order valence-corrected chi connectivity index (χ2v) is 12.0. The molecule has 0 unspecified atom stereocenters. The van der Waals surface area contributed by atoms with E-state index in [2.05, 4.69) is 5.32 Å². The largest absolute Gasteiger partial charge is 0.352 e. The maximum atomic E-state index is 13.9. The summed E-state index contributed by atoms with van der Waals surface area (Å²) in [6.07, 6.45) is 0. The van der Waals surface area contributed by atoms with E-state index in [0.29, 0.717) is 16.1 Å². The van der Waals surface area contributed by atoms with Gasteiger partial charge in [-0.25, -0.2) is 12.8 Å². The maximum Gasteiger partial charge on any atom is 0.264 e. The van der Waals surface area contributed by atoms with Gasteiger partial charge in [-0.2, -0.15) is 0 Å². The van der Waals surface area contributed by atoms with Gasteiger partial charge in [0.05, 0.1) is 10.6 Å². The van der Waals surface area contributed by atoms with Gasteiger partial charge in [-0.05, 0) is 88.2 Å². The van der Waals surface area contributed by atoms with Crippen LogP contribution < -0.4 is 9.62 Å². The van der Waals surface area contributed by atoms with Gasteiger partial charge in [-0.3, -0.25) is 13.9 Å². The molecule has 0 aliphatic rings. The SMILES string of the molecule is Cc1ccc(S(=O)(=O)N(CC(=O)N(Cc2ccc(F)cc2)[C@@H](C)C(=O)NC(C)C)c2ccc(Cl)cc2C)cc1. The highest BCUT2D eigenvalue weighted by molar-refractivity contribution is 7.92. The molecule has 10 heteroatoms. The second-order valence-electron chi connectivity index (χ2n) is 9.74. The highest BCUT2D eigenvalue weighted by Crippen LogP contribution is 2.29. The van der Waals surface area contributed by atoms with Gasteiger partial charge in [0.2, 0.25) is 11.8 Å². The van der Waals surface area contributed by atoms with E-state index in [1.165, 1.54) is 41.3 Å². The number of nitrogens with one attached hydrogen (secondary N) is 1. The Kier molecular flexibility index (Phi) is 9.74. The topological polar surface area (TPSA) is 86.8 Å². The van der Waals surface area contributed by atoms with Crippen LogP contribution >= 0.6 is 11.6 Å². The van der Waals surface area contributed by atoms with Crippen LogP contribution in [-0.2, 0) is 26.2 Å². The molecule has 0 bridgehead atoms. The van der Waals surface area contributed by atoms with Gasteiger partial charge in [0.25, 0.3) is 10.0 Å². The minimum absolute atomic E-state index is 0.0194. The number of sulfonamides is 1. The van der Waals surface area contributed by atoms with Gasteiger partial charge in [0, 0.05) is 17.6 Å². The van der Waals surface area contributed by atoms with E-state index >= 15 is 0 Å². The quantitative estimate of drug-likeness (QED) is 0.360. The molecule has 208 valence electrons. The minimum Gasteiger partial charge on any atom is -0.352 e. The molecule has 1 atom stereocenters. The van der Waals surface area contributed by atoms with Crippen molar-refractivity contribution in [1.82, 2.24) is 10.2 Å². The monoisotopic (exact) mass is 573 g/mol. The molecule has 7 nitrogen and oxygen atoms in total. The van der Waals surface area contributed by atoms with E-state index in [1.54, 1.807) is 58.0 Å². The standard InChI is InChI=1S/C29H33ClFN3O4S/c1-19(2)32-29(36)22(5)33(17-23-8-11-25(31)12-9-23)28(35)18-34(27-15-10-24(30)16-21(27)4)39(37,38)26-13-6-20(3)7-14-26/h6-16,19,22H,17-18H2,1-5H3,(H,32,36)/t22-/m0/s1. The van der Waals surface area contributed by atoms with Crippen molar-refractivity contribution in [2.24, 2.45) is 0 Å². The third-order valence-electron chi connectivity index (χ3n) is 6.18. The molecule has 2 amide bonds. The Hall–Kier alpha value is -3.43. The van der Waals surface area contributed by atoms with E-state index in [-0.39, 0.29) is 23.2 Å². The van der Waals surface area contributed by atoms with Gasteiger partial charge >= 0.3 is 0 Å². The number of anilines is 1. The van der Waals surface area contributed by atoms with Crippen molar-refractivity contribution in [2.75, 3.05) is 10.8 Å². The van der Waals surface area contributed by atoms with Crippen LogP contribution in [0, 0.1) is 19.7 Å². The third kappa shape index (κ3) is 7.58. The first kappa shape index (κ1) is 30.1. The number of nitrogens with zero attached hydrogens (tertiary/aromatic N) is 2. The van der Waals surface area contributed by atoms with Crippen LogP contribution in [0.15, 0.2) is 71.6 Å². The van der Waals surface area contributed by atoms with E-state index in [0.717, 1.165) is 9.87 Å². The summed E-state index contributed by atoms with van der Waals surface area (Å²) in [7, 11) is -4.19. The molecule has 0 spiro atoms. The predicted octanol–water partition coefficient (Wildman–Crippen LogP) is 5.23. The van der Waals surface area contributed by atoms with Gasteiger partial charge in [0.1, 0.15) is 18.4 Å². The van der Waals surface area contributed by atoms with E-state index in [4.69, 9.17) is 11.6 Å². The third-order valence-corrected chi connectivity index (χ3v) is 8.19. The molecule has 0 aliphatic heterocycles. The first-order chi connectivity index (χ1) is 18.3. The average Bonchev–Trinajstić information content (AvgIpc) is 2.86. The highest BCUT2D eigenvalue weighted by atomic mass is 35.5. The van der Waals surface area contributed by atoms with E-state index < -0.39 is 40.2 Å². The lowest BCUT2D eigenvalue weighted by Gasteiger charge is -2.32. The number of carbonyl (C=O) groups excluding carboxylic acids is 2. The molecule has 0 aliphatic carbocycles. The molecular formula is C29H33ClFN3O4S. The number of hydrogen-bond donors (Lipinski definition) is 1. The fourth-order valence-corrected chi connectivity index (χ4v) is 5.73. The molecule has 0 saturated carbocycles. The number of aryl methyl sites for hydroxylation is 2. The molecule has 0 saturated heterocycles. The fourth-order valence-electron chi connectivity index (χ4n) is 4.02. The fraction of sp³-hybridized carbons (Fsp3) is 0.310. The zero-order valence-corrected chi connectivity index (χ0v) is 24.2. The van der Waals surface area contributed by atoms with Crippen LogP contribution in [0.1, 0.15) is 37.5 Å². The van der Waals surface area contributed by atoms with Crippen LogP contribution in [0.25, 0.3) is 0 Å². The smallest absolute Gasteiger partial charge is 0.264 e. The Bertz CT molecular complexity index is 1430. The molecular weight excluding hydrogens is 541 g/mol. The molecule has 0 radical (unpaired) electrons. The molecule has 3 aromatic carbocycles. The summed E-state index contributed by atoms with van der Waals surface area (Å²) < 4.78 is 42.3. The highest BCUT2D eigenvalue weighted by Gasteiger charge is 2.33. The lowest BCUT2D eigenvalue weighted by Crippen LogP contribution is -2.52. The van der Waals surface area contributed by atoms with Gasteiger partial charge in [0.15, 0.2) is 0 Å².